The summed E-state index contributed by atoms with van der Waals surface area (Å²) < 4.78 is 14.0. The Balaban J connectivity index is 1.57. The van der Waals surface area contributed by atoms with E-state index in [9.17, 15) is 4.79 Å². The number of fused-ring (bicyclic) bond motifs is 2. The number of methoxy groups -OCH3 is 1. The molecule has 0 saturated heterocycles. The van der Waals surface area contributed by atoms with Crippen LogP contribution >= 0.6 is 0 Å². The van der Waals surface area contributed by atoms with E-state index in [1.807, 2.05) is 10.7 Å². The van der Waals surface area contributed by atoms with Crippen molar-refractivity contribution in [3.8, 4) is 11.8 Å². The summed E-state index contributed by atoms with van der Waals surface area (Å²) in [6, 6.07) is 8.52. The number of rotatable bonds is 5. The first kappa shape index (κ1) is 18.3. The number of carbonyl (C=O) groups excluding carboxylic acids is 1. The molecule has 5 rings (SSSR count). The molecule has 9 heteroatoms. The van der Waals surface area contributed by atoms with Gasteiger partial charge in [0.25, 0.3) is 5.95 Å². The Labute approximate surface area is 172 Å². The lowest BCUT2D eigenvalue weighted by Crippen LogP contribution is -2.11. The van der Waals surface area contributed by atoms with Crippen molar-refractivity contribution >= 4 is 17.0 Å². The molecule has 3 heterocycles. The second-order valence-corrected chi connectivity index (χ2v) is 7.00. The highest BCUT2D eigenvalue weighted by Gasteiger charge is 2.27. The summed E-state index contributed by atoms with van der Waals surface area (Å²) in [5, 5.41) is 8.80. The van der Waals surface area contributed by atoms with E-state index >= 15 is 0 Å². The molecule has 0 N–H and O–H groups in total. The summed E-state index contributed by atoms with van der Waals surface area (Å²) in [4.78, 5) is 21.0. The van der Waals surface area contributed by atoms with Crippen molar-refractivity contribution in [3.05, 3.63) is 59.5 Å². The van der Waals surface area contributed by atoms with Gasteiger partial charge in [0.05, 0.1) is 37.7 Å². The van der Waals surface area contributed by atoms with E-state index in [-0.39, 0.29) is 6.04 Å². The Morgan fingerprint density at radius 2 is 2.07 bits per heavy atom. The predicted molar refractivity (Wildman–Crippen MR) is 108 cm³/mol. The molecule has 0 saturated carbocycles. The Kier molecular flexibility index (Phi) is 4.42. The van der Waals surface area contributed by atoms with Crippen molar-refractivity contribution in [1.29, 1.82) is 0 Å². The van der Waals surface area contributed by atoms with Gasteiger partial charge >= 0.3 is 5.97 Å². The lowest BCUT2D eigenvalue weighted by Gasteiger charge is -2.15. The van der Waals surface area contributed by atoms with E-state index in [4.69, 9.17) is 9.47 Å². The predicted octanol–water partition coefficient (Wildman–Crippen LogP) is 2.73. The third kappa shape index (κ3) is 2.90. The Hall–Kier alpha value is -3.75. The minimum absolute atomic E-state index is 0.113. The van der Waals surface area contributed by atoms with Crippen molar-refractivity contribution in [2.24, 2.45) is 0 Å². The summed E-state index contributed by atoms with van der Waals surface area (Å²) in [6.07, 6.45) is 6.64. The molecule has 1 aliphatic rings. The molecule has 152 valence electrons. The van der Waals surface area contributed by atoms with Crippen LogP contribution in [0, 0.1) is 0 Å². The topological polar surface area (TPSA) is 97.0 Å². The standard InChI is InChI=1S/C21H20N6O3/c1-3-30-20(28)14-10-22-26(12-14)21-24-16-11-23-27(18(16)19(25-21)29-2)17-9-8-13-6-4-5-7-15(13)17/h4-7,10-12,17H,3,8-9H2,1-2H3/t17-/m1/s1. The largest absolute Gasteiger partial charge is 0.479 e. The molecule has 0 radical (unpaired) electrons. The van der Waals surface area contributed by atoms with Gasteiger partial charge < -0.3 is 9.47 Å². The SMILES string of the molecule is CCOC(=O)c1cnn(-c2nc(OC)c3c(cnn3[C@@H]3CCc4ccccc43)n2)c1. The molecular formula is C21H20N6O3. The van der Waals surface area contributed by atoms with Gasteiger partial charge in [0.2, 0.25) is 5.88 Å². The normalized spacial score (nSPS) is 15.3. The summed E-state index contributed by atoms with van der Waals surface area (Å²) in [5.41, 5.74) is 4.32. The van der Waals surface area contributed by atoms with Crippen LogP contribution in [0.3, 0.4) is 0 Å². The molecule has 3 aromatic heterocycles. The van der Waals surface area contributed by atoms with Gasteiger partial charge in [-0.15, -0.1) is 0 Å². The summed E-state index contributed by atoms with van der Waals surface area (Å²) in [5.74, 6) is 0.260. The van der Waals surface area contributed by atoms with Crippen molar-refractivity contribution < 1.29 is 14.3 Å². The minimum Gasteiger partial charge on any atom is -0.479 e. The second-order valence-electron chi connectivity index (χ2n) is 7.00. The molecule has 1 atom stereocenters. The van der Waals surface area contributed by atoms with Crippen molar-refractivity contribution in [2.75, 3.05) is 13.7 Å². The molecule has 0 fully saturated rings. The average molecular weight is 404 g/mol. The molecule has 30 heavy (non-hydrogen) atoms. The number of aryl methyl sites for hydroxylation is 1. The first-order chi connectivity index (χ1) is 14.7. The number of benzene rings is 1. The van der Waals surface area contributed by atoms with Crippen molar-refractivity contribution in [3.63, 3.8) is 0 Å². The maximum atomic E-state index is 11.9. The van der Waals surface area contributed by atoms with E-state index in [1.165, 1.54) is 28.2 Å². The number of nitrogens with zero attached hydrogens (tertiary/aromatic N) is 6. The zero-order chi connectivity index (χ0) is 20.7. The smallest absolute Gasteiger partial charge is 0.341 e. The molecular weight excluding hydrogens is 384 g/mol. The van der Waals surface area contributed by atoms with Crippen LogP contribution in [0.5, 0.6) is 5.88 Å². The van der Waals surface area contributed by atoms with E-state index in [1.54, 1.807) is 20.2 Å². The first-order valence-corrected chi connectivity index (χ1v) is 9.78. The van der Waals surface area contributed by atoms with Crippen LogP contribution < -0.4 is 4.74 Å². The van der Waals surface area contributed by atoms with Crippen LogP contribution in [-0.4, -0.2) is 49.2 Å². The van der Waals surface area contributed by atoms with Gasteiger partial charge in [-0.1, -0.05) is 24.3 Å². The number of hydrogen-bond donors (Lipinski definition) is 0. The number of carbonyl (C=O) groups is 1. The zero-order valence-corrected chi connectivity index (χ0v) is 16.6. The lowest BCUT2D eigenvalue weighted by atomic mass is 10.1. The number of esters is 1. The van der Waals surface area contributed by atoms with E-state index in [2.05, 4.69) is 38.4 Å². The molecule has 0 amide bonds. The molecule has 1 aliphatic carbocycles. The molecule has 0 spiro atoms. The molecule has 0 bridgehead atoms. The van der Waals surface area contributed by atoms with Gasteiger partial charge in [0.1, 0.15) is 11.0 Å². The van der Waals surface area contributed by atoms with Crippen LogP contribution in [-0.2, 0) is 11.2 Å². The maximum absolute atomic E-state index is 11.9. The maximum Gasteiger partial charge on any atom is 0.341 e. The van der Waals surface area contributed by atoms with Crippen LogP contribution in [0.25, 0.3) is 17.0 Å². The molecule has 0 aliphatic heterocycles. The highest BCUT2D eigenvalue weighted by molar-refractivity contribution is 5.88. The monoisotopic (exact) mass is 404 g/mol. The third-order valence-electron chi connectivity index (χ3n) is 5.29. The second kappa shape index (κ2) is 7.25. The summed E-state index contributed by atoms with van der Waals surface area (Å²) in [7, 11) is 1.57. The van der Waals surface area contributed by atoms with Crippen LogP contribution in [0.2, 0.25) is 0 Å². The summed E-state index contributed by atoms with van der Waals surface area (Å²) in [6.45, 7) is 2.05. The van der Waals surface area contributed by atoms with E-state index < -0.39 is 5.97 Å². The fourth-order valence-electron chi connectivity index (χ4n) is 3.94. The van der Waals surface area contributed by atoms with Gasteiger partial charge in [-0.25, -0.2) is 14.5 Å². The van der Waals surface area contributed by atoms with Crippen molar-refractivity contribution in [2.45, 2.75) is 25.8 Å². The highest BCUT2D eigenvalue weighted by Crippen LogP contribution is 2.37. The minimum atomic E-state index is -0.440. The average Bonchev–Trinajstić information content (AvgIpc) is 3.50. The van der Waals surface area contributed by atoms with Gasteiger partial charge in [0.15, 0.2) is 0 Å². The fourth-order valence-corrected chi connectivity index (χ4v) is 3.94. The third-order valence-corrected chi connectivity index (χ3v) is 5.29. The van der Waals surface area contributed by atoms with Crippen LogP contribution in [0.15, 0.2) is 42.9 Å². The fraction of sp³-hybridized carbons (Fsp3) is 0.286. The van der Waals surface area contributed by atoms with Gasteiger partial charge in [-0.3, -0.25) is 4.68 Å². The van der Waals surface area contributed by atoms with E-state index in [0.717, 1.165) is 18.4 Å². The number of aromatic nitrogens is 6. The van der Waals surface area contributed by atoms with E-state index in [0.29, 0.717) is 29.5 Å². The van der Waals surface area contributed by atoms with Crippen LogP contribution in [0.4, 0.5) is 0 Å². The van der Waals surface area contributed by atoms with Crippen LogP contribution in [0.1, 0.15) is 40.9 Å². The quantitative estimate of drug-likeness (QED) is 0.472. The number of hydrogen-bond acceptors (Lipinski definition) is 7. The molecule has 1 aromatic carbocycles. The first-order valence-electron chi connectivity index (χ1n) is 9.78. The van der Waals surface area contributed by atoms with Gasteiger partial charge in [-0.2, -0.15) is 15.2 Å². The van der Waals surface area contributed by atoms with Gasteiger partial charge in [-0.05, 0) is 30.9 Å². The molecule has 0 unspecified atom stereocenters. The van der Waals surface area contributed by atoms with Crippen molar-refractivity contribution in [1.82, 2.24) is 29.5 Å². The molecule has 9 nitrogen and oxygen atoms in total. The van der Waals surface area contributed by atoms with Gasteiger partial charge in [0, 0.05) is 6.20 Å². The molecule has 4 aromatic rings. The number of ether oxygens (including phenoxy) is 2. The lowest BCUT2D eigenvalue weighted by molar-refractivity contribution is 0.0526. The summed E-state index contributed by atoms with van der Waals surface area (Å²) >= 11 is 0. The highest BCUT2D eigenvalue weighted by atomic mass is 16.5. The Bertz CT molecular complexity index is 1240. The Morgan fingerprint density at radius 3 is 2.90 bits per heavy atom. The zero-order valence-electron chi connectivity index (χ0n) is 16.6. The Morgan fingerprint density at radius 1 is 1.20 bits per heavy atom.